The molecule has 0 saturated carbocycles. The van der Waals surface area contributed by atoms with E-state index in [4.69, 9.17) is 0 Å². The van der Waals surface area contributed by atoms with Crippen LogP contribution in [0.5, 0.6) is 0 Å². The molecular weight excluding hydrogens is 460 g/mol. The molecule has 1 aliphatic heterocycles. The Morgan fingerprint density at radius 1 is 0.778 bits per heavy atom. The third-order valence-electron chi connectivity index (χ3n) is 6.83. The van der Waals surface area contributed by atoms with Crippen LogP contribution < -0.4 is 11.2 Å². The van der Waals surface area contributed by atoms with Crippen molar-refractivity contribution in [2.75, 3.05) is 19.6 Å². The summed E-state index contributed by atoms with van der Waals surface area (Å²) in [7, 11) is 0. The van der Waals surface area contributed by atoms with Gasteiger partial charge >= 0.3 is 5.69 Å². The van der Waals surface area contributed by atoms with Gasteiger partial charge < -0.3 is 9.88 Å². The monoisotopic (exact) mass is 487 g/mol. The highest BCUT2D eigenvalue weighted by atomic mass is 19.1. The molecule has 36 heavy (non-hydrogen) atoms. The highest BCUT2D eigenvalue weighted by molar-refractivity contribution is 5.82. The predicted octanol–water partition coefficient (Wildman–Crippen LogP) is 4.96. The number of halogens is 2. The van der Waals surface area contributed by atoms with E-state index in [0.29, 0.717) is 24.0 Å². The Labute approximate surface area is 207 Å². The zero-order valence-corrected chi connectivity index (χ0v) is 19.8. The van der Waals surface area contributed by atoms with Gasteiger partial charge in [-0.05, 0) is 78.9 Å². The normalized spacial score (nSPS) is 14.7. The second-order valence-corrected chi connectivity index (χ2v) is 9.12. The molecule has 0 radical (unpaired) electrons. The second kappa shape index (κ2) is 10.4. The Kier molecular flexibility index (Phi) is 6.91. The molecule has 0 unspecified atom stereocenters. The van der Waals surface area contributed by atoms with Gasteiger partial charge in [-0.15, -0.1) is 0 Å². The Bertz CT molecular complexity index is 1470. The first-order valence-electron chi connectivity index (χ1n) is 12.2. The lowest BCUT2D eigenvalue weighted by molar-refractivity contribution is 0.272. The Morgan fingerprint density at radius 3 is 2.08 bits per heavy atom. The fourth-order valence-corrected chi connectivity index (χ4v) is 4.97. The number of benzene rings is 3. The van der Waals surface area contributed by atoms with Crippen LogP contribution in [0.1, 0.15) is 30.4 Å². The van der Waals surface area contributed by atoms with Gasteiger partial charge in [-0.25, -0.2) is 13.6 Å². The van der Waals surface area contributed by atoms with Crippen molar-refractivity contribution >= 4 is 16.5 Å². The molecule has 1 N–H and O–H groups in total. The quantitative estimate of drug-likeness (QED) is 0.433. The van der Waals surface area contributed by atoms with Gasteiger partial charge in [0.25, 0.3) is 5.56 Å². The Morgan fingerprint density at radius 2 is 1.42 bits per heavy atom. The van der Waals surface area contributed by atoms with Gasteiger partial charge in [0.05, 0.1) is 10.9 Å². The zero-order valence-electron chi connectivity index (χ0n) is 19.8. The van der Waals surface area contributed by atoms with Crippen molar-refractivity contribution < 1.29 is 8.78 Å². The molecule has 0 bridgehead atoms. The number of nitrogens with one attached hydrogen (secondary N) is 1. The van der Waals surface area contributed by atoms with Crippen molar-refractivity contribution in [1.29, 1.82) is 0 Å². The number of aromatic amines is 1. The van der Waals surface area contributed by atoms with Crippen LogP contribution in [-0.2, 0) is 6.54 Å². The lowest BCUT2D eigenvalue weighted by atomic mass is 9.90. The third kappa shape index (κ3) is 5.06. The van der Waals surface area contributed by atoms with E-state index in [2.05, 4.69) is 9.88 Å². The average molecular weight is 488 g/mol. The van der Waals surface area contributed by atoms with Crippen LogP contribution in [0.15, 0.2) is 88.0 Å². The minimum atomic E-state index is -0.399. The van der Waals surface area contributed by atoms with Crippen LogP contribution in [-0.4, -0.2) is 34.1 Å². The Balaban J connectivity index is 1.38. The maximum atomic E-state index is 13.6. The van der Waals surface area contributed by atoms with Crippen molar-refractivity contribution in [1.82, 2.24) is 14.5 Å². The number of H-pyrrole nitrogens is 1. The molecule has 4 aromatic rings. The molecule has 1 aliphatic rings. The van der Waals surface area contributed by atoms with E-state index in [1.54, 1.807) is 48.5 Å². The number of para-hydroxylation sites is 1. The standard InChI is InChI=1S/C29H27F2N3O2/c30-23-11-7-21(8-12-23)27(22-9-13-24(31)14-10-22)20-4-3-16-33(17-15-20)18-19-34-28(35)25-5-1-2-6-26(25)32-29(34)36/h1-2,5-14H,3-4,15-19H2,(H,32,36). The van der Waals surface area contributed by atoms with Gasteiger partial charge in [0.15, 0.2) is 0 Å². The van der Waals surface area contributed by atoms with E-state index in [9.17, 15) is 18.4 Å². The molecule has 7 heteroatoms. The maximum Gasteiger partial charge on any atom is 0.328 e. The average Bonchev–Trinajstić information content (AvgIpc) is 3.12. The molecule has 0 aliphatic carbocycles. The SMILES string of the molecule is O=c1[nH]c2ccccc2c(=O)n1CCN1CCCC(=C(c2ccc(F)cc2)c2ccc(F)cc2)CC1. The van der Waals surface area contributed by atoms with Crippen molar-refractivity contribution in [3.8, 4) is 0 Å². The molecular formula is C29H27F2N3O2. The summed E-state index contributed by atoms with van der Waals surface area (Å²) in [6.07, 6.45) is 2.55. The summed E-state index contributed by atoms with van der Waals surface area (Å²) in [4.78, 5) is 30.4. The van der Waals surface area contributed by atoms with Gasteiger partial charge in [-0.3, -0.25) is 9.36 Å². The zero-order chi connectivity index (χ0) is 25.1. The van der Waals surface area contributed by atoms with Gasteiger partial charge in [-0.2, -0.15) is 0 Å². The number of rotatable bonds is 5. The first-order chi connectivity index (χ1) is 17.5. The lowest BCUT2D eigenvalue weighted by Crippen LogP contribution is -2.39. The smallest absolute Gasteiger partial charge is 0.307 e. The molecule has 184 valence electrons. The molecule has 5 nitrogen and oxygen atoms in total. The van der Waals surface area contributed by atoms with Crippen LogP contribution >= 0.6 is 0 Å². The van der Waals surface area contributed by atoms with Gasteiger partial charge in [0.2, 0.25) is 0 Å². The van der Waals surface area contributed by atoms with Crippen LogP contribution in [0.3, 0.4) is 0 Å². The van der Waals surface area contributed by atoms with Crippen LogP contribution in [0.4, 0.5) is 8.78 Å². The largest absolute Gasteiger partial charge is 0.328 e. The summed E-state index contributed by atoms with van der Waals surface area (Å²) in [5, 5.41) is 0.501. The summed E-state index contributed by atoms with van der Waals surface area (Å²) in [6.45, 7) is 2.49. The first-order valence-corrected chi connectivity index (χ1v) is 12.2. The van der Waals surface area contributed by atoms with Gasteiger partial charge in [0, 0.05) is 19.6 Å². The second-order valence-electron chi connectivity index (χ2n) is 9.12. The van der Waals surface area contributed by atoms with E-state index < -0.39 is 5.69 Å². The van der Waals surface area contributed by atoms with E-state index in [-0.39, 0.29) is 17.2 Å². The van der Waals surface area contributed by atoms with E-state index >= 15 is 0 Å². The maximum absolute atomic E-state index is 13.6. The Hall–Kier alpha value is -3.84. The van der Waals surface area contributed by atoms with E-state index in [1.807, 2.05) is 0 Å². The first kappa shape index (κ1) is 23.9. The van der Waals surface area contributed by atoms with Crippen molar-refractivity contribution in [2.24, 2.45) is 0 Å². The number of hydrogen-bond acceptors (Lipinski definition) is 3. The molecule has 3 aromatic carbocycles. The third-order valence-corrected chi connectivity index (χ3v) is 6.83. The van der Waals surface area contributed by atoms with Crippen molar-refractivity contribution in [3.63, 3.8) is 0 Å². The minimum absolute atomic E-state index is 0.278. The molecule has 0 spiro atoms. The topological polar surface area (TPSA) is 58.1 Å². The molecule has 1 aromatic heterocycles. The highest BCUT2D eigenvalue weighted by Crippen LogP contribution is 2.32. The fraction of sp³-hybridized carbons (Fsp3) is 0.241. The molecule has 1 saturated heterocycles. The highest BCUT2D eigenvalue weighted by Gasteiger charge is 2.18. The van der Waals surface area contributed by atoms with Gasteiger partial charge in [0.1, 0.15) is 11.6 Å². The van der Waals surface area contributed by atoms with Crippen LogP contribution in [0.25, 0.3) is 16.5 Å². The summed E-state index contributed by atoms with van der Waals surface area (Å²) in [6, 6.07) is 19.9. The predicted molar refractivity (Wildman–Crippen MR) is 138 cm³/mol. The van der Waals surface area contributed by atoms with Crippen LogP contribution in [0, 0.1) is 11.6 Å². The van der Waals surface area contributed by atoms with Gasteiger partial charge in [-0.1, -0.05) is 42.0 Å². The molecule has 0 amide bonds. The molecule has 2 heterocycles. The summed E-state index contributed by atoms with van der Waals surface area (Å²) in [5.41, 5.74) is 3.92. The number of fused-ring (bicyclic) bond motifs is 1. The van der Waals surface area contributed by atoms with Crippen LogP contribution in [0.2, 0.25) is 0 Å². The summed E-state index contributed by atoms with van der Waals surface area (Å²) >= 11 is 0. The van der Waals surface area contributed by atoms with Crippen molar-refractivity contribution in [2.45, 2.75) is 25.8 Å². The summed E-state index contributed by atoms with van der Waals surface area (Å²) in [5.74, 6) is -0.596. The molecule has 1 fully saturated rings. The van der Waals surface area contributed by atoms with Crippen molar-refractivity contribution in [3.05, 3.63) is 122 Å². The number of likely N-dealkylation sites (tertiary alicyclic amines) is 1. The summed E-state index contributed by atoms with van der Waals surface area (Å²) < 4.78 is 28.5. The lowest BCUT2D eigenvalue weighted by Gasteiger charge is -2.20. The minimum Gasteiger partial charge on any atom is -0.307 e. The number of nitrogens with zero attached hydrogens (tertiary/aromatic N) is 2. The van der Waals surface area contributed by atoms with E-state index in [0.717, 1.165) is 49.1 Å². The number of aromatic nitrogens is 2. The van der Waals surface area contributed by atoms with E-state index in [1.165, 1.54) is 34.4 Å². The fourth-order valence-electron chi connectivity index (χ4n) is 4.97. The molecule has 5 rings (SSSR count). The number of hydrogen-bond donors (Lipinski definition) is 1. The molecule has 0 atom stereocenters.